The van der Waals surface area contributed by atoms with Crippen LogP contribution in [0.4, 0.5) is 26.3 Å². The fraction of sp³-hybridized carbons (Fsp3) is 0.176. The van der Waals surface area contributed by atoms with Crippen LogP contribution in [0, 0.1) is 5.41 Å². The molecule has 10 heteroatoms. The summed E-state index contributed by atoms with van der Waals surface area (Å²) < 4.78 is 87.2. The van der Waals surface area contributed by atoms with Gasteiger partial charge in [0.15, 0.2) is 5.84 Å². The summed E-state index contributed by atoms with van der Waals surface area (Å²) >= 11 is 0. The largest absolute Gasteiger partial charge is 0.461 e. The van der Waals surface area contributed by atoms with Crippen LogP contribution in [-0.4, -0.2) is 23.8 Å². The number of benzene rings is 2. The van der Waals surface area contributed by atoms with E-state index in [1.807, 2.05) is 0 Å². The van der Waals surface area contributed by atoms with Crippen LogP contribution in [0.3, 0.4) is 0 Å². The summed E-state index contributed by atoms with van der Waals surface area (Å²) in [4.78, 5) is 3.60. The normalized spacial score (nSPS) is 16.5. The summed E-state index contributed by atoms with van der Waals surface area (Å²) in [5, 5.41) is 7.63. The van der Waals surface area contributed by atoms with Crippen molar-refractivity contribution in [1.29, 1.82) is 5.41 Å². The first-order valence-electron chi connectivity index (χ1n) is 7.43. The topological polar surface area (TPSA) is 71.5 Å². The van der Waals surface area contributed by atoms with E-state index in [2.05, 4.69) is 9.73 Å². The van der Waals surface area contributed by atoms with Crippen molar-refractivity contribution in [2.24, 2.45) is 10.7 Å². The molecule has 1 aliphatic rings. The lowest BCUT2D eigenvalue weighted by atomic mass is 9.99. The minimum atomic E-state index is -6.23. The van der Waals surface area contributed by atoms with Crippen LogP contribution in [0.2, 0.25) is 0 Å². The van der Waals surface area contributed by atoms with Crippen molar-refractivity contribution in [1.82, 2.24) is 0 Å². The Hall–Kier alpha value is -3.04. The molecule has 0 radical (unpaired) electrons. The molecule has 0 bridgehead atoms. The van der Waals surface area contributed by atoms with Gasteiger partial charge in [0.25, 0.3) is 0 Å². The average Bonchev–Trinajstić information content (AvgIpc) is 2.89. The lowest BCUT2D eigenvalue weighted by Crippen LogP contribution is -2.55. The Morgan fingerprint density at radius 1 is 0.889 bits per heavy atom. The van der Waals surface area contributed by atoms with E-state index in [1.165, 1.54) is 18.2 Å². The van der Waals surface area contributed by atoms with E-state index in [1.54, 1.807) is 0 Å². The molecule has 1 atom stereocenters. The first kappa shape index (κ1) is 18.7. The van der Waals surface area contributed by atoms with Gasteiger partial charge in [-0.1, -0.05) is 42.5 Å². The molecular formula is C17H11F6N3O. The number of nitrogens with two attached hydrogens (primary N) is 1. The van der Waals surface area contributed by atoms with Crippen molar-refractivity contribution in [3.8, 4) is 5.75 Å². The summed E-state index contributed by atoms with van der Waals surface area (Å²) in [6.45, 7) is 0. The van der Waals surface area contributed by atoms with Gasteiger partial charge in [0.2, 0.25) is 0 Å². The summed E-state index contributed by atoms with van der Waals surface area (Å²) in [7, 11) is 0. The number of aliphatic imine (C=N–C) groups is 1. The summed E-state index contributed by atoms with van der Waals surface area (Å²) in [5.41, 5.74) is 4.35. The molecule has 2 aromatic rings. The van der Waals surface area contributed by atoms with Crippen LogP contribution in [0.5, 0.6) is 5.75 Å². The number of ether oxygens (including phenoxy) is 1. The molecule has 3 rings (SSSR count). The van der Waals surface area contributed by atoms with Crippen LogP contribution in [0.1, 0.15) is 16.7 Å². The van der Waals surface area contributed by atoms with E-state index in [9.17, 15) is 22.0 Å². The van der Waals surface area contributed by atoms with Gasteiger partial charge in [-0.2, -0.15) is 26.3 Å². The van der Waals surface area contributed by atoms with Gasteiger partial charge in [-0.25, -0.2) is 4.99 Å². The fourth-order valence-corrected chi connectivity index (χ4v) is 2.60. The third kappa shape index (κ3) is 2.81. The number of fused-ring (bicyclic) bond motifs is 1. The van der Waals surface area contributed by atoms with Gasteiger partial charge in [0.1, 0.15) is 11.6 Å². The zero-order valence-corrected chi connectivity index (χ0v) is 13.3. The van der Waals surface area contributed by atoms with Gasteiger partial charge in [0, 0.05) is 11.1 Å². The molecule has 4 nitrogen and oxygen atoms in total. The molecule has 27 heavy (non-hydrogen) atoms. The number of halogens is 6. The number of alkyl halides is 6. The lowest BCUT2D eigenvalue weighted by Gasteiger charge is -2.35. The monoisotopic (exact) mass is 387 g/mol. The highest BCUT2D eigenvalue weighted by molar-refractivity contribution is 6.22. The highest BCUT2D eigenvalue weighted by Crippen LogP contribution is 2.52. The van der Waals surface area contributed by atoms with Gasteiger partial charge >= 0.3 is 18.0 Å². The van der Waals surface area contributed by atoms with Crippen LogP contribution in [0.15, 0.2) is 53.5 Å². The maximum atomic E-state index is 15.3. The SMILES string of the molecule is N=C1N=C(N)c2c(OC(F)(c3ccccc3)C(F)(F)C(F)(F)F)cccc21. The molecule has 2 aromatic carbocycles. The zero-order valence-electron chi connectivity index (χ0n) is 13.3. The first-order valence-corrected chi connectivity index (χ1v) is 7.43. The minimum absolute atomic E-state index is 0.0238. The van der Waals surface area contributed by atoms with Crippen LogP contribution < -0.4 is 10.5 Å². The van der Waals surface area contributed by atoms with Crippen molar-refractivity contribution >= 4 is 11.7 Å². The van der Waals surface area contributed by atoms with Crippen molar-refractivity contribution in [2.45, 2.75) is 18.0 Å². The Morgan fingerprint density at radius 3 is 2.11 bits per heavy atom. The number of amidine groups is 2. The van der Waals surface area contributed by atoms with E-state index in [4.69, 9.17) is 11.1 Å². The van der Waals surface area contributed by atoms with Gasteiger partial charge in [-0.3, -0.25) is 5.41 Å². The predicted octanol–water partition coefficient (Wildman–Crippen LogP) is 4.13. The molecule has 1 aliphatic heterocycles. The van der Waals surface area contributed by atoms with E-state index >= 15 is 4.39 Å². The first-order chi connectivity index (χ1) is 12.5. The third-order valence-electron chi connectivity index (χ3n) is 3.93. The standard InChI is InChI=1S/C17H11F6N3O/c18-15(9-5-2-1-3-6-9,16(19,20)17(21,22)23)27-11-8-4-7-10-12(11)14(25)26-13(10)24/h1-8H,(H3,24,25,26). The molecule has 0 amide bonds. The molecule has 1 unspecified atom stereocenters. The molecule has 0 saturated carbocycles. The van der Waals surface area contributed by atoms with E-state index in [0.29, 0.717) is 0 Å². The molecular weight excluding hydrogens is 376 g/mol. The molecule has 142 valence electrons. The van der Waals surface area contributed by atoms with Crippen molar-refractivity contribution in [3.63, 3.8) is 0 Å². The molecule has 1 heterocycles. The lowest BCUT2D eigenvalue weighted by molar-refractivity contribution is -0.371. The Bertz CT molecular complexity index is 926. The number of hydrogen-bond acceptors (Lipinski definition) is 3. The smallest absolute Gasteiger partial charge is 0.448 e. The molecule has 0 spiro atoms. The molecule has 3 N–H and O–H groups in total. The zero-order chi connectivity index (χ0) is 20.0. The molecule has 0 aromatic heterocycles. The maximum Gasteiger partial charge on any atom is 0.461 e. The van der Waals surface area contributed by atoms with E-state index in [0.717, 1.165) is 30.3 Å². The molecule has 0 aliphatic carbocycles. The number of nitrogens with one attached hydrogen (secondary N) is 1. The number of nitrogens with zero attached hydrogens (tertiary/aromatic N) is 1. The van der Waals surface area contributed by atoms with Crippen LogP contribution in [-0.2, 0) is 5.85 Å². The predicted molar refractivity (Wildman–Crippen MR) is 84.9 cm³/mol. The summed E-state index contributed by atoms with van der Waals surface area (Å²) in [5.74, 6) is -11.9. The summed E-state index contributed by atoms with van der Waals surface area (Å²) in [6.07, 6.45) is -6.23. The third-order valence-corrected chi connectivity index (χ3v) is 3.93. The van der Waals surface area contributed by atoms with Crippen LogP contribution in [0.25, 0.3) is 0 Å². The van der Waals surface area contributed by atoms with Gasteiger partial charge < -0.3 is 10.5 Å². The second kappa shape index (κ2) is 6.00. The Kier molecular flexibility index (Phi) is 4.16. The van der Waals surface area contributed by atoms with Gasteiger partial charge in [0.05, 0.1) is 5.56 Å². The Balaban J connectivity index is 2.19. The highest BCUT2D eigenvalue weighted by Gasteiger charge is 2.74. The average molecular weight is 387 g/mol. The Morgan fingerprint density at radius 2 is 1.52 bits per heavy atom. The van der Waals surface area contributed by atoms with Crippen molar-refractivity contribution in [3.05, 3.63) is 65.2 Å². The van der Waals surface area contributed by atoms with Gasteiger partial charge in [-0.05, 0) is 6.07 Å². The Labute approximate surface area is 148 Å². The number of hydrogen-bond donors (Lipinski definition) is 2. The quantitative estimate of drug-likeness (QED) is 0.775. The van der Waals surface area contributed by atoms with Crippen LogP contribution >= 0.6 is 0 Å². The second-order valence-corrected chi connectivity index (χ2v) is 5.66. The van der Waals surface area contributed by atoms with Crippen molar-refractivity contribution < 1.29 is 31.1 Å². The molecule has 0 fully saturated rings. The fourth-order valence-electron chi connectivity index (χ4n) is 2.60. The second-order valence-electron chi connectivity index (χ2n) is 5.66. The maximum absolute atomic E-state index is 15.3. The highest BCUT2D eigenvalue weighted by atomic mass is 19.4. The minimum Gasteiger partial charge on any atom is -0.448 e. The van der Waals surface area contributed by atoms with E-state index in [-0.39, 0.29) is 22.8 Å². The van der Waals surface area contributed by atoms with Gasteiger partial charge in [-0.15, -0.1) is 0 Å². The van der Waals surface area contributed by atoms with E-state index < -0.39 is 29.3 Å². The number of rotatable bonds is 4. The molecule has 0 saturated heterocycles. The summed E-state index contributed by atoms with van der Waals surface area (Å²) in [6, 6.07) is 8.53. The van der Waals surface area contributed by atoms with Crippen molar-refractivity contribution in [2.75, 3.05) is 0 Å².